The third-order valence-electron chi connectivity index (χ3n) is 4.53. The lowest BCUT2D eigenvalue weighted by Gasteiger charge is -2.33. The lowest BCUT2D eigenvalue weighted by molar-refractivity contribution is -0.120. The highest BCUT2D eigenvalue weighted by atomic mass is 32.2. The molecule has 1 aliphatic rings. The molecule has 0 spiro atoms. The second kappa shape index (κ2) is 7.11. The van der Waals surface area contributed by atoms with Gasteiger partial charge in [0.05, 0.1) is 0 Å². The number of sulfonamides is 1. The SMILES string of the molecule is O=C(Nc1ccc2sccc2c1)C1CCCCN1S(=O)(=O)c1cccs1. The Kier molecular flexibility index (Phi) is 4.83. The largest absolute Gasteiger partial charge is 0.325 e. The number of fused-ring (bicyclic) bond motifs is 1. The zero-order valence-electron chi connectivity index (χ0n) is 13.9. The van der Waals surface area contributed by atoms with E-state index in [0.29, 0.717) is 18.7 Å². The van der Waals surface area contributed by atoms with Crippen molar-refractivity contribution in [2.45, 2.75) is 29.5 Å². The Morgan fingerprint density at radius 3 is 2.81 bits per heavy atom. The maximum atomic E-state index is 12.9. The minimum atomic E-state index is -3.64. The van der Waals surface area contributed by atoms with Crippen molar-refractivity contribution in [3.8, 4) is 0 Å². The lowest BCUT2D eigenvalue weighted by Crippen LogP contribution is -2.49. The average Bonchev–Trinajstić information content (AvgIpc) is 3.33. The monoisotopic (exact) mass is 406 g/mol. The van der Waals surface area contributed by atoms with Gasteiger partial charge in [0, 0.05) is 16.9 Å². The van der Waals surface area contributed by atoms with Crippen molar-refractivity contribution in [1.29, 1.82) is 0 Å². The van der Waals surface area contributed by atoms with Gasteiger partial charge in [-0.05, 0) is 59.3 Å². The fourth-order valence-corrected chi connectivity index (χ4v) is 6.80. The molecule has 1 fully saturated rings. The second-order valence-electron chi connectivity index (χ2n) is 6.22. The standard InChI is InChI=1S/C18H18N2O3S3/c21-18(19-14-6-7-16-13(12-14)8-11-24-16)15-4-1-2-9-20(15)26(22,23)17-5-3-10-25-17/h3,5-8,10-12,15H,1-2,4,9H2,(H,19,21). The lowest BCUT2D eigenvalue weighted by atomic mass is 10.0. The number of anilines is 1. The first-order valence-electron chi connectivity index (χ1n) is 8.39. The number of hydrogen-bond donors (Lipinski definition) is 1. The van der Waals surface area contributed by atoms with Crippen LogP contribution in [-0.4, -0.2) is 31.2 Å². The molecule has 1 amide bonds. The van der Waals surface area contributed by atoms with Crippen molar-refractivity contribution >= 4 is 54.4 Å². The molecule has 136 valence electrons. The molecule has 3 heterocycles. The molecule has 1 unspecified atom stereocenters. The van der Waals surface area contributed by atoms with E-state index in [1.54, 1.807) is 28.8 Å². The van der Waals surface area contributed by atoms with Gasteiger partial charge in [-0.25, -0.2) is 8.42 Å². The third kappa shape index (κ3) is 3.29. The predicted octanol–water partition coefficient (Wildman–Crippen LogP) is 4.14. The van der Waals surface area contributed by atoms with Crippen LogP contribution >= 0.6 is 22.7 Å². The molecule has 1 aromatic carbocycles. The molecular weight excluding hydrogens is 388 g/mol. The molecular formula is C18H18N2O3S3. The molecule has 2 aromatic heterocycles. The van der Waals surface area contributed by atoms with Crippen molar-refractivity contribution in [2.24, 2.45) is 0 Å². The molecule has 26 heavy (non-hydrogen) atoms. The van der Waals surface area contributed by atoms with Crippen LogP contribution in [0, 0.1) is 0 Å². The fourth-order valence-electron chi connectivity index (χ4n) is 3.25. The first kappa shape index (κ1) is 17.7. The number of amides is 1. The van der Waals surface area contributed by atoms with Crippen molar-refractivity contribution < 1.29 is 13.2 Å². The van der Waals surface area contributed by atoms with Crippen molar-refractivity contribution in [3.63, 3.8) is 0 Å². The molecule has 5 nitrogen and oxygen atoms in total. The summed E-state index contributed by atoms with van der Waals surface area (Å²) in [6, 6.07) is 10.4. The maximum Gasteiger partial charge on any atom is 0.253 e. The molecule has 0 saturated carbocycles. The number of nitrogens with zero attached hydrogens (tertiary/aromatic N) is 1. The van der Waals surface area contributed by atoms with Crippen LogP contribution in [-0.2, 0) is 14.8 Å². The van der Waals surface area contributed by atoms with Crippen LogP contribution in [0.4, 0.5) is 5.69 Å². The third-order valence-corrected chi connectivity index (χ3v) is 8.71. The Morgan fingerprint density at radius 2 is 2.00 bits per heavy atom. The summed E-state index contributed by atoms with van der Waals surface area (Å²) in [5.74, 6) is -0.264. The van der Waals surface area contributed by atoms with Gasteiger partial charge in [0.1, 0.15) is 10.3 Å². The highest BCUT2D eigenvalue weighted by molar-refractivity contribution is 7.91. The number of rotatable bonds is 4. The van der Waals surface area contributed by atoms with Gasteiger partial charge in [0.15, 0.2) is 0 Å². The Balaban J connectivity index is 1.58. The van der Waals surface area contributed by atoms with Crippen LogP contribution in [0.25, 0.3) is 10.1 Å². The number of carbonyl (C=O) groups is 1. The van der Waals surface area contributed by atoms with Crippen LogP contribution in [0.15, 0.2) is 51.4 Å². The number of nitrogens with one attached hydrogen (secondary N) is 1. The van der Waals surface area contributed by atoms with Crippen molar-refractivity contribution in [2.75, 3.05) is 11.9 Å². The Bertz CT molecular complexity index is 1030. The summed E-state index contributed by atoms with van der Waals surface area (Å²) in [6.07, 6.45) is 2.16. The van der Waals surface area contributed by atoms with E-state index in [1.165, 1.54) is 15.6 Å². The van der Waals surface area contributed by atoms with Crippen LogP contribution in [0.1, 0.15) is 19.3 Å². The van der Waals surface area contributed by atoms with Gasteiger partial charge in [0.2, 0.25) is 5.91 Å². The molecule has 8 heteroatoms. The first-order valence-corrected chi connectivity index (χ1v) is 11.6. The van der Waals surface area contributed by atoms with E-state index in [0.717, 1.165) is 22.9 Å². The topological polar surface area (TPSA) is 66.5 Å². The van der Waals surface area contributed by atoms with E-state index in [1.807, 2.05) is 29.6 Å². The van der Waals surface area contributed by atoms with Gasteiger partial charge in [-0.15, -0.1) is 22.7 Å². The minimum Gasteiger partial charge on any atom is -0.325 e. The van der Waals surface area contributed by atoms with Crippen LogP contribution in [0.3, 0.4) is 0 Å². The summed E-state index contributed by atoms with van der Waals surface area (Å²) < 4.78 is 28.6. The molecule has 0 aliphatic carbocycles. The summed E-state index contributed by atoms with van der Waals surface area (Å²) in [4.78, 5) is 12.9. The van der Waals surface area contributed by atoms with Crippen molar-refractivity contribution in [3.05, 3.63) is 47.2 Å². The number of piperidine rings is 1. The normalized spacial score (nSPS) is 18.8. The van der Waals surface area contributed by atoms with Crippen LogP contribution in [0.5, 0.6) is 0 Å². The van der Waals surface area contributed by atoms with E-state index < -0.39 is 16.1 Å². The summed E-state index contributed by atoms with van der Waals surface area (Å²) in [5, 5.41) is 7.72. The number of thiophene rings is 2. The molecule has 0 bridgehead atoms. The van der Waals surface area contributed by atoms with E-state index in [4.69, 9.17) is 0 Å². The maximum absolute atomic E-state index is 12.9. The summed E-state index contributed by atoms with van der Waals surface area (Å²) in [7, 11) is -3.64. The van der Waals surface area contributed by atoms with Gasteiger partial charge in [-0.2, -0.15) is 4.31 Å². The minimum absolute atomic E-state index is 0.264. The quantitative estimate of drug-likeness (QED) is 0.708. The predicted molar refractivity (Wildman–Crippen MR) is 106 cm³/mol. The molecule has 3 aromatic rings. The Hall–Kier alpha value is -1.74. The van der Waals surface area contributed by atoms with Gasteiger partial charge < -0.3 is 5.32 Å². The molecule has 1 atom stereocenters. The summed E-state index contributed by atoms with van der Waals surface area (Å²) >= 11 is 2.83. The average molecular weight is 407 g/mol. The molecule has 1 N–H and O–H groups in total. The van der Waals surface area contributed by atoms with E-state index >= 15 is 0 Å². The van der Waals surface area contributed by atoms with Crippen LogP contribution in [0.2, 0.25) is 0 Å². The van der Waals surface area contributed by atoms with Gasteiger partial charge in [-0.3, -0.25) is 4.79 Å². The zero-order valence-corrected chi connectivity index (χ0v) is 16.4. The van der Waals surface area contributed by atoms with Gasteiger partial charge in [0.25, 0.3) is 10.0 Å². The number of benzene rings is 1. The number of carbonyl (C=O) groups excluding carboxylic acids is 1. The fraction of sp³-hybridized carbons (Fsp3) is 0.278. The van der Waals surface area contributed by atoms with Crippen LogP contribution < -0.4 is 5.32 Å². The number of hydrogen-bond acceptors (Lipinski definition) is 5. The molecule has 0 radical (unpaired) electrons. The Morgan fingerprint density at radius 1 is 1.12 bits per heavy atom. The Labute approximate surface area is 160 Å². The second-order valence-corrected chi connectivity index (χ2v) is 10.2. The highest BCUT2D eigenvalue weighted by Crippen LogP contribution is 2.29. The summed E-state index contributed by atoms with van der Waals surface area (Å²) in [6.45, 7) is 0.377. The highest BCUT2D eigenvalue weighted by Gasteiger charge is 2.38. The van der Waals surface area contributed by atoms with Gasteiger partial charge in [-0.1, -0.05) is 12.5 Å². The molecule has 4 rings (SSSR count). The molecule has 1 saturated heterocycles. The van der Waals surface area contributed by atoms with E-state index in [2.05, 4.69) is 5.32 Å². The smallest absolute Gasteiger partial charge is 0.253 e. The van der Waals surface area contributed by atoms with Crippen molar-refractivity contribution in [1.82, 2.24) is 4.31 Å². The van der Waals surface area contributed by atoms with Gasteiger partial charge >= 0.3 is 0 Å². The first-order chi connectivity index (χ1) is 12.6. The van der Waals surface area contributed by atoms with E-state index in [9.17, 15) is 13.2 Å². The molecule has 1 aliphatic heterocycles. The zero-order chi connectivity index (χ0) is 18.1. The van der Waals surface area contributed by atoms with E-state index in [-0.39, 0.29) is 10.1 Å². The summed E-state index contributed by atoms with van der Waals surface area (Å²) in [5.41, 5.74) is 0.694.